The zero-order chi connectivity index (χ0) is 27.1. The van der Waals surface area contributed by atoms with Crippen molar-refractivity contribution in [3.63, 3.8) is 0 Å². The lowest BCUT2D eigenvalue weighted by Crippen LogP contribution is -2.24. The number of fused-ring (bicyclic) bond motifs is 8. The van der Waals surface area contributed by atoms with E-state index in [0.717, 1.165) is 0 Å². The largest absolute Gasteiger partial charge is 0.0619 e. The summed E-state index contributed by atoms with van der Waals surface area (Å²) in [5.41, 5.74) is 13.5. The zero-order valence-electron chi connectivity index (χ0n) is 22.9. The monoisotopic (exact) mass is 520 g/mol. The van der Waals surface area contributed by atoms with Crippen LogP contribution in [0.15, 0.2) is 146 Å². The topological polar surface area (TPSA) is 0 Å². The Morgan fingerprint density at radius 3 is 1.24 bits per heavy atom. The van der Waals surface area contributed by atoms with E-state index in [1.54, 1.807) is 0 Å². The van der Waals surface area contributed by atoms with Gasteiger partial charge in [-0.15, -0.1) is 0 Å². The van der Waals surface area contributed by atoms with Crippen LogP contribution in [0.3, 0.4) is 0 Å². The van der Waals surface area contributed by atoms with Crippen LogP contribution in [-0.4, -0.2) is 0 Å². The van der Waals surface area contributed by atoms with E-state index in [9.17, 15) is 0 Å². The second-order valence-corrected chi connectivity index (χ2v) is 11.7. The summed E-state index contributed by atoms with van der Waals surface area (Å²) < 4.78 is 0. The van der Waals surface area contributed by atoms with Gasteiger partial charge in [0.2, 0.25) is 0 Å². The first-order valence-electron chi connectivity index (χ1n) is 14.6. The highest BCUT2D eigenvalue weighted by molar-refractivity contribution is 6.10. The Balaban J connectivity index is 1.45. The van der Waals surface area contributed by atoms with Gasteiger partial charge < -0.3 is 0 Å². The van der Waals surface area contributed by atoms with Crippen molar-refractivity contribution >= 4 is 21.5 Å². The van der Waals surface area contributed by atoms with Gasteiger partial charge in [0, 0.05) is 11.3 Å². The van der Waals surface area contributed by atoms with Crippen LogP contribution in [0.4, 0.5) is 0 Å². The van der Waals surface area contributed by atoms with Crippen molar-refractivity contribution in [2.75, 3.05) is 0 Å². The van der Waals surface area contributed by atoms with Gasteiger partial charge in [0.25, 0.3) is 0 Å². The van der Waals surface area contributed by atoms with Crippen LogP contribution in [0.25, 0.3) is 43.8 Å². The predicted molar refractivity (Wildman–Crippen MR) is 172 cm³/mol. The minimum Gasteiger partial charge on any atom is -0.0619 e. The van der Waals surface area contributed by atoms with E-state index in [0.29, 0.717) is 0 Å². The Bertz CT molecular complexity index is 2030. The van der Waals surface area contributed by atoms with Gasteiger partial charge in [-0.2, -0.15) is 0 Å². The molecule has 41 heavy (non-hydrogen) atoms. The quantitative estimate of drug-likeness (QED) is 0.199. The van der Waals surface area contributed by atoms with Crippen LogP contribution in [-0.2, 0) is 5.41 Å². The molecule has 0 atom stereocenters. The van der Waals surface area contributed by atoms with E-state index in [-0.39, 0.29) is 11.3 Å². The lowest BCUT2D eigenvalue weighted by Gasteiger charge is -2.33. The van der Waals surface area contributed by atoms with Gasteiger partial charge in [-0.1, -0.05) is 146 Å². The minimum atomic E-state index is -0.281. The fraction of sp³-hybridized carbons (Fsp3) is 0.0732. The van der Waals surface area contributed by atoms with Crippen LogP contribution in [0, 0.1) is 0 Å². The molecule has 0 N–H and O–H groups in total. The van der Waals surface area contributed by atoms with Gasteiger partial charge in [0.15, 0.2) is 0 Å². The molecule has 192 valence electrons. The number of hydrogen-bond donors (Lipinski definition) is 0. The van der Waals surface area contributed by atoms with Crippen molar-refractivity contribution in [2.24, 2.45) is 0 Å². The van der Waals surface area contributed by atoms with Crippen LogP contribution in [0.5, 0.6) is 0 Å². The Kier molecular flexibility index (Phi) is 4.61. The van der Waals surface area contributed by atoms with Crippen molar-refractivity contribution in [3.8, 4) is 22.3 Å². The molecule has 0 aliphatic heterocycles. The summed E-state index contributed by atoms with van der Waals surface area (Å²) in [5.74, 6) is 0.183. The Labute approximate surface area is 240 Å². The first kappa shape index (κ1) is 22.8. The average Bonchev–Trinajstić information content (AvgIpc) is 3.50. The van der Waals surface area contributed by atoms with Gasteiger partial charge >= 0.3 is 0 Å². The van der Waals surface area contributed by atoms with E-state index in [1.165, 1.54) is 77.2 Å². The molecule has 0 heteroatoms. The van der Waals surface area contributed by atoms with Gasteiger partial charge in [-0.3, -0.25) is 0 Å². The molecule has 0 spiro atoms. The highest BCUT2D eigenvalue weighted by Gasteiger charge is 2.43. The summed E-state index contributed by atoms with van der Waals surface area (Å²) in [6.07, 6.45) is 0. The molecule has 7 aromatic carbocycles. The number of hydrogen-bond acceptors (Lipinski definition) is 0. The molecule has 0 amide bonds. The zero-order valence-corrected chi connectivity index (χ0v) is 22.9. The van der Waals surface area contributed by atoms with Crippen LogP contribution >= 0.6 is 0 Å². The molecule has 0 heterocycles. The third kappa shape index (κ3) is 2.89. The van der Waals surface area contributed by atoms with Gasteiger partial charge in [-0.05, 0) is 84.1 Å². The van der Waals surface area contributed by atoms with Crippen molar-refractivity contribution in [3.05, 3.63) is 179 Å². The number of benzene rings is 7. The molecule has 0 aromatic heterocycles. The maximum Gasteiger partial charge on any atom is 0.0447 e. The highest BCUT2D eigenvalue weighted by atomic mass is 14.4. The molecule has 0 saturated carbocycles. The van der Waals surface area contributed by atoms with E-state index >= 15 is 0 Å². The van der Waals surface area contributed by atoms with E-state index in [2.05, 4.69) is 153 Å². The van der Waals surface area contributed by atoms with E-state index in [1.807, 2.05) is 0 Å². The maximum atomic E-state index is 2.45. The van der Waals surface area contributed by atoms with Crippen molar-refractivity contribution in [1.82, 2.24) is 0 Å². The van der Waals surface area contributed by atoms with Gasteiger partial charge in [-0.25, -0.2) is 0 Å². The molecule has 0 nitrogen and oxygen atoms in total. The van der Waals surface area contributed by atoms with Crippen LogP contribution < -0.4 is 0 Å². The maximum absolute atomic E-state index is 2.45. The summed E-state index contributed by atoms with van der Waals surface area (Å²) in [4.78, 5) is 0. The molecule has 7 aromatic rings. The third-order valence-corrected chi connectivity index (χ3v) is 9.82. The SMILES string of the molecule is CC1(c2c3ccccc3c(C3c4ccccc4-c4ccccc43)c3ccccc23)c2ccccc2-c2ccccc21. The molecule has 0 unspecified atom stereocenters. The summed E-state index contributed by atoms with van der Waals surface area (Å²) in [6.45, 7) is 2.45. The molecule has 9 rings (SSSR count). The lowest BCUT2D eigenvalue weighted by molar-refractivity contribution is 0.727. The first-order chi connectivity index (χ1) is 20.3. The fourth-order valence-corrected chi connectivity index (χ4v) is 8.20. The lowest BCUT2D eigenvalue weighted by atomic mass is 9.69. The van der Waals surface area contributed by atoms with E-state index in [4.69, 9.17) is 0 Å². The molecular formula is C41H28. The molecule has 0 fully saturated rings. The summed E-state index contributed by atoms with van der Waals surface area (Å²) in [7, 11) is 0. The van der Waals surface area contributed by atoms with Crippen LogP contribution in [0.2, 0.25) is 0 Å². The molecule has 2 aliphatic rings. The third-order valence-electron chi connectivity index (χ3n) is 9.82. The second kappa shape index (κ2) is 8.29. The van der Waals surface area contributed by atoms with E-state index < -0.39 is 0 Å². The van der Waals surface area contributed by atoms with Crippen molar-refractivity contribution in [1.29, 1.82) is 0 Å². The summed E-state index contributed by atoms with van der Waals surface area (Å²) in [6, 6.07) is 54.4. The van der Waals surface area contributed by atoms with Crippen molar-refractivity contribution < 1.29 is 0 Å². The Hall–Kier alpha value is -4.94. The smallest absolute Gasteiger partial charge is 0.0447 e. The number of rotatable bonds is 2. The van der Waals surface area contributed by atoms with Gasteiger partial charge in [0.05, 0.1) is 0 Å². The first-order valence-corrected chi connectivity index (χ1v) is 14.6. The highest BCUT2D eigenvalue weighted by Crippen LogP contribution is 2.57. The minimum absolute atomic E-state index is 0.183. The summed E-state index contributed by atoms with van der Waals surface area (Å²) >= 11 is 0. The van der Waals surface area contributed by atoms with Gasteiger partial charge in [0.1, 0.15) is 0 Å². The summed E-state index contributed by atoms with van der Waals surface area (Å²) in [5, 5.41) is 5.38. The second-order valence-electron chi connectivity index (χ2n) is 11.7. The Morgan fingerprint density at radius 2 is 0.756 bits per heavy atom. The predicted octanol–water partition coefficient (Wildman–Crippen LogP) is 10.5. The Morgan fingerprint density at radius 1 is 0.390 bits per heavy atom. The van der Waals surface area contributed by atoms with Crippen LogP contribution in [0.1, 0.15) is 46.2 Å². The normalized spacial score (nSPS) is 14.6. The molecule has 2 aliphatic carbocycles. The van der Waals surface area contributed by atoms with Crippen molar-refractivity contribution in [2.45, 2.75) is 18.3 Å². The molecule has 0 saturated heterocycles. The standard InChI is InChI=1S/C41H28/c1-41(36-24-12-10-16-28(36)29-17-11-13-25-37(29)41)40-34-22-8-6-20-32(34)39(33-21-7-9-23-35(33)40)38-30-18-4-2-14-26(30)27-15-3-5-19-31(27)38/h2-25,38H,1H3. The molecular weight excluding hydrogens is 492 g/mol. The molecule has 0 bridgehead atoms. The molecule has 0 radical (unpaired) electrons. The average molecular weight is 521 g/mol. The fourth-order valence-electron chi connectivity index (χ4n) is 8.20.